The second kappa shape index (κ2) is 5.38. The normalized spacial score (nSPS) is 10.1. The summed E-state index contributed by atoms with van der Waals surface area (Å²) in [7, 11) is 1.52. The van der Waals surface area contributed by atoms with Crippen LogP contribution in [0, 0.1) is 11.3 Å². The molecule has 7 heteroatoms. The summed E-state index contributed by atoms with van der Waals surface area (Å²) in [4.78, 5) is 12.3. The first-order chi connectivity index (χ1) is 10.3. The van der Waals surface area contributed by atoms with Crippen LogP contribution in [0.3, 0.4) is 0 Å². The van der Waals surface area contributed by atoms with Crippen LogP contribution in [-0.2, 0) is 0 Å². The Morgan fingerprint density at radius 2 is 2.00 bits per heavy atom. The Balaban J connectivity index is 1.93. The van der Waals surface area contributed by atoms with E-state index in [-0.39, 0.29) is 0 Å². The van der Waals surface area contributed by atoms with Gasteiger partial charge in [-0.05, 0) is 24.3 Å². The van der Waals surface area contributed by atoms with Gasteiger partial charge in [-0.2, -0.15) is 10.2 Å². The largest absolute Gasteiger partial charge is 0.481 e. The van der Waals surface area contributed by atoms with E-state index in [1.54, 1.807) is 30.3 Å². The van der Waals surface area contributed by atoms with Crippen LogP contribution in [0.15, 0.2) is 41.2 Å². The molecule has 21 heavy (non-hydrogen) atoms. The summed E-state index contributed by atoms with van der Waals surface area (Å²) in [5, 5.41) is 12.7. The Bertz CT molecular complexity index is 805. The average molecular weight is 279 g/mol. The van der Waals surface area contributed by atoms with E-state index >= 15 is 0 Å². The van der Waals surface area contributed by atoms with E-state index in [1.807, 2.05) is 0 Å². The Hall–Kier alpha value is -3.27. The quantitative estimate of drug-likeness (QED) is 0.723. The van der Waals surface area contributed by atoms with Crippen LogP contribution in [0.1, 0.15) is 5.56 Å². The van der Waals surface area contributed by atoms with Crippen molar-refractivity contribution >= 4 is 0 Å². The van der Waals surface area contributed by atoms with Crippen molar-refractivity contribution in [3.63, 3.8) is 0 Å². The lowest BCUT2D eigenvalue weighted by molar-refractivity contribution is 0.397. The molecule has 102 valence electrons. The minimum Gasteiger partial charge on any atom is -0.481 e. The van der Waals surface area contributed by atoms with E-state index in [0.717, 1.165) is 5.56 Å². The van der Waals surface area contributed by atoms with Crippen LogP contribution in [0.4, 0.5) is 0 Å². The van der Waals surface area contributed by atoms with E-state index < -0.39 is 0 Å². The Labute approximate surface area is 119 Å². The number of rotatable bonds is 3. The van der Waals surface area contributed by atoms with Gasteiger partial charge >= 0.3 is 0 Å². The molecule has 3 rings (SSSR count). The number of benzene rings is 1. The van der Waals surface area contributed by atoms with Gasteiger partial charge in [0.1, 0.15) is 12.0 Å². The van der Waals surface area contributed by atoms with Gasteiger partial charge in [-0.25, -0.2) is 9.97 Å². The van der Waals surface area contributed by atoms with E-state index in [0.29, 0.717) is 28.9 Å². The fourth-order valence-electron chi connectivity index (χ4n) is 1.71. The molecule has 0 saturated carbocycles. The first-order valence-corrected chi connectivity index (χ1v) is 6.01. The molecule has 0 saturated heterocycles. The summed E-state index contributed by atoms with van der Waals surface area (Å²) >= 11 is 0. The van der Waals surface area contributed by atoms with Gasteiger partial charge < -0.3 is 9.26 Å². The van der Waals surface area contributed by atoms with E-state index in [2.05, 4.69) is 26.2 Å². The zero-order chi connectivity index (χ0) is 14.7. The van der Waals surface area contributed by atoms with Gasteiger partial charge in [0.25, 0.3) is 5.89 Å². The van der Waals surface area contributed by atoms with Gasteiger partial charge in [-0.3, -0.25) is 0 Å². The molecule has 0 aliphatic rings. The number of nitriles is 1. The minimum atomic E-state index is 0.343. The molecule has 2 aromatic heterocycles. The molecule has 7 nitrogen and oxygen atoms in total. The molecule has 0 N–H and O–H groups in total. The minimum absolute atomic E-state index is 0.343. The Kier molecular flexibility index (Phi) is 3.27. The third kappa shape index (κ3) is 2.55. The molecule has 0 spiro atoms. The summed E-state index contributed by atoms with van der Waals surface area (Å²) in [6.07, 6.45) is 1.37. The molecule has 0 radical (unpaired) electrons. The third-order valence-electron chi connectivity index (χ3n) is 2.77. The lowest BCUT2D eigenvalue weighted by atomic mass is 10.1. The molecule has 0 atom stereocenters. The topological polar surface area (TPSA) is 97.7 Å². The highest BCUT2D eigenvalue weighted by molar-refractivity contribution is 5.58. The Morgan fingerprint density at radius 3 is 2.71 bits per heavy atom. The van der Waals surface area contributed by atoms with Crippen LogP contribution in [0.2, 0.25) is 0 Å². The predicted molar refractivity (Wildman–Crippen MR) is 72.0 cm³/mol. The van der Waals surface area contributed by atoms with Crippen LogP contribution in [0.25, 0.3) is 23.0 Å². The SMILES string of the molecule is COc1cc(-c2noc(-c3ccc(C#N)cc3)n2)ncn1. The number of methoxy groups -OCH3 is 1. The molecule has 0 aliphatic carbocycles. The van der Waals surface area contributed by atoms with Crippen LogP contribution in [0.5, 0.6) is 5.88 Å². The molecule has 0 amide bonds. The monoisotopic (exact) mass is 279 g/mol. The molecule has 1 aromatic carbocycles. The second-order valence-electron chi connectivity index (χ2n) is 4.06. The molecule has 0 bridgehead atoms. The molecule has 0 unspecified atom stereocenters. The smallest absolute Gasteiger partial charge is 0.258 e. The van der Waals surface area contributed by atoms with Crippen LogP contribution >= 0.6 is 0 Å². The van der Waals surface area contributed by atoms with Crippen LogP contribution in [-0.4, -0.2) is 27.2 Å². The van der Waals surface area contributed by atoms with E-state index in [4.69, 9.17) is 14.5 Å². The first-order valence-electron chi connectivity index (χ1n) is 6.01. The van der Waals surface area contributed by atoms with Crippen molar-refractivity contribution in [3.8, 4) is 34.9 Å². The van der Waals surface area contributed by atoms with Gasteiger partial charge in [-0.15, -0.1) is 0 Å². The van der Waals surface area contributed by atoms with Crippen molar-refractivity contribution in [2.24, 2.45) is 0 Å². The van der Waals surface area contributed by atoms with Crippen molar-refractivity contribution in [3.05, 3.63) is 42.2 Å². The maximum atomic E-state index is 8.77. The summed E-state index contributed by atoms with van der Waals surface area (Å²) in [6, 6.07) is 10.5. The highest BCUT2D eigenvalue weighted by atomic mass is 16.5. The average Bonchev–Trinajstić information content (AvgIpc) is 3.05. The molecular formula is C14H9N5O2. The number of aromatic nitrogens is 4. The number of hydrogen-bond acceptors (Lipinski definition) is 7. The zero-order valence-corrected chi connectivity index (χ0v) is 11.0. The maximum Gasteiger partial charge on any atom is 0.258 e. The highest BCUT2D eigenvalue weighted by Crippen LogP contribution is 2.22. The van der Waals surface area contributed by atoms with Crippen molar-refractivity contribution in [2.75, 3.05) is 7.11 Å². The number of ether oxygens (including phenoxy) is 1. The van der Waals surface area contributed by atoms with Gasteiger partial charge in [-0.1, -0.05) is 5.16 Å². The van der Waals surface area contributed by atoms with Crippen LogP contribution < -0.4 is 4.74 Å². The standard InChI is InChI=1S/C14H9N5O2/c1-20-12-6-11(16-8-17-12)13-18-14(21-19-13)10-4-2-9(7-15)3-5-10/h2-6,8H,1H3. The molecule has 0 aliphatic heterocycles. The third-order valence-corrected chi connectivity index (χ3v) is 2.77. The summed E-state index contributed by atoms with van der Waals surface area (Å²) in [6.45, 7) is 0. The molecule has 0 fully saturated rings. The molecule has 2 heterocycles. The second-order valence-corrected chi connectivity index (χ2v) is 4.06. The Morgan fingerprint density at radius 1 is 1.19 bits per heavy atom. The van der Waals surface area contributed by atoms with Crippen molar-refractivity contribution in [1.29, 1.82) is 5.26 Å². The molecular weight excluding hydrogens is 270 g/mol. The van der Waals surface area contributed by atoms with Crippen molar-refractivity contribution < 1.29 is 9.26 Å². The van der Waals surface area contributed by atoms with Crippen molar-refractivity contribution in [2.45, 2.75) is 0 Å². The van der Waals surface area contributed by atoms with Gasteiger partial charge in [0.15, 0.2) is 0 Å². The molecule has 3 aromatic rings. The van der Waals surface area contributed by atoms with E-state index in [1.165, 1.54) is 13.4 Å². The maximum absolute atomic E-state index is 8.77. The van der Waals surface area contributed by atoms with Crippen molar-refractivity contribution in [1.82, 2.24) is 20.1 Å². The summed E-state index contributed by atoms with van der Waals surface area (Å²) < 4.78 is 10.2. The van der Waals surface area contributed by atoms with Gasteiger partial charge in [0, 0.05) is 11.6 Å². The van der Waals surface area contributed by atoms with E-state index in [9.17, 15) is 0 Å². The summed E-state index contributed by atoms with van der Waals surface area (Å²) in [5.74, 6) is 1.12. The predicted octanol–water partition coefficient (Wildman–Crippen LogP) is 2.07. The number of hydrogen-bond donors (Lipinski definition) is 0. The lowest BCUT2D eigenvalue weighted by Crippen LogP contribution is -1.91. The zero-order valence-electron chi connectivity index (χ0n) is 11.0. The highest BCUT2D eigenvalue weighted by Gasteiger charge is 2.12. The first kappa shape index (κ1) is 12.7. The van der Waals surface area contributed by atoms with Gasteiger partial charge in [0.05, 0.1) is 18.7 Å². The lowest BCUT2D eigenvalue weighted by Gasteiger charge is -1.97. The summed E-state index contributed by atoms with van der Waals surface area (Å²) in [5.41, 5.74) is 1.80. The fourth-order valence-corrected chi connectivity index (χ4v) is 1.71. The van der Waals surface area contributed by atoms with Gasteiger partial charge in [0.2, 0.25) is 11.7 Å². The number of nitrogens with zero attached hydrogens (tertiary/aromatic N) is 5. The fraction of sp³-hybridized carbons (Fsp3) is 0.0714.